The summed E-state index contributed by atoms with van der Waals surface area (Å²) in [5.74, 6) is -4.76. The molecule has 0 radical (unpaired) electrons. The molecule has 5 aliphatic rings. The summed E-state index contributed by atoms with van der Waals surface area (Å²) >= 11 is 82.5. The largest absolute Gasteiger partial charge is 0.301 e. The number of allylic oxidation sites excluding steroid dienone is 4. The van der Waals surface area contributed by atoms with Gasteiger partial charge in [0.15, 0.2) is 13.6 Å². The second kappa shape index (κ2) is 8.20. The molecule has 0 aliphatic heterocycles. The van der Waals surface area contributed by atoms with E-state index in [1.807, 2.05) is 0 Å². The highest BCUT2D eigenvalue weighted by molar-refractivity contribution is 7.86. The molecular weight excluding hydrogens is 792 g/mol. The van der Waals surface area contributed by atoms with E-state index in [9.17, 15) is 23.1 Å². The number of hydrogen-bond donors (Lipinski definition) is 1. The minimum Gasteiger partial charge on any atom is -0.282 e. The Balaban J connectivity index is 1.84. The molecule has 0 amide bonds. The molecule has 0 spiro atoms. The molecule has 0 unspecified atom stereocenters. The van der Waals surface area contributed by atoms with Crippen LogP contribution >= 0.6 is 139 Å². The van der Waals surface area contributed by atoms with Crippen LogP contribution in [0.3, 0.4) is 0 Å². The first-order valence-electron chi connectivity index (χ1n) is 10.5. The number of nitro groups is 1. The first-order valence-corrected chi connectivity index (χ1v) is 16.4. The Morgan fingerprint density at radius 3 is 1.36 bits per heavy atom. The Morgan fingerprint density at radius 2 is 1.03 bits per heavy atom. The van der Waals surface area contributed by atoms with Crippen LogP contribution < -0.4 is 0 Å². The van der Waals surface area contributed by atoms with E-state index in [4.69, 9.17) is 139 Å². The Bertz CT molecular complexity index is 1630. The molecule has 0 saturated heterocycles. The number of alkyl halides is 8. The van der Waals surface area contributed by atoms with Crippen LogP contribution in [0.4, 0.5) is 5.69 Å². The lowest BCUT2D eigenvalue weighted by atomic mass is 9.57. The van der Waals surface area contributed by atoms with Crippen molar-refractivity contribution in [2.45, 2.75) is 44.9 Å². The fourth-order valence-corrected chi connectivity index (χ4v) is 14.0. The number of nitrogens with zero attached hydrogens (tertiary/aromatic N) is 1. The summed E-state index contributed by atoms with van der Waals surface area (Å²) in [5.41, 5.74) is -0.984. The topological polar surface area (TPSA) is 97.5 Å². The lowest BCUT2D eigenvalue weighted by Crippen LogP contribution is -2.53. The van der Waals surface area contributed by atoms with Crippen molar-refractivity contribution in [1.82, 2.24) is 0 Å². The Hall–Kier alpha value is 1.49. The van der Waals surface area contributed by atoms with Crippen molar-refractivity contribution in [3.05, 3.63) is 53.5 Å². The van der Waals surface area contributed by atoms with Crippen LogP contribution in [-0.2, 0) is 10.1 Å². The summed E-state index contributed by atoms with van der Waals surface area (Å²) in [7, 11) is -5.17. The van der Waals surface area contributed by atoms with Gasteiger partial charge in [0, 0.05) is 29.7 Å². The Labute approximate surface area is 280 Å². The van der Waals surface area contributed by atoms with Gasteiger partial charge in [-0.3, -0.25) is 14.7 Å². The van der Waals surface area contributed by atoms with E-state index < -0.39 is 77.5 Å². The van der Waals surface area contributed by atoms with E-state index in [0.717, 1.165) is 12.1 Å². The van der Waals surface area contributed by atoms with E-state index in [1.54, 1.807) is 0 Å². The van der Waals surface area contributed by atoms with Gasteiger partial charge in [-0.05, 0) is 17.2 Å². The zero-order valence-electron chi connectivity index (χ0n) is 17.9. The summed E-state index contributed by atoms with van der Waals surface area (Å²) in [4.78, 5) is 1.87. The van der Waals surface area contributed by atoms with Gasteiger partial charge in [0.1, 0.15) is 19.5 Å². The minimum atomic E-state index is -5.17. The molecule has 6 nitrogen and oxygen atoms in total. The van der Waals surface area contributed by atoms with Gasteiger partial charge < -0.3 is 0 Å². The van der Waals surface area contributed by atoms with Crippen molar-refractivity contribution in [3.8, 4) is 0 Å². The molecule has 4 bridgehead atoms. The smallest absolute Gasteiger partial charge is 0.282 e. The van der Waals surface area contributed by atoms with E-state index in [-0.39, 0.29) is 31.3 Å². The molecule has 19 heteroatoms. The fraction of sp³-hybridized carbons (Fsp3) is 0.500. The predicted molar refractivity (Wildman–Crippen MR) is 156 cm³/mol. The van der Waals surface area contributed by atoms with Gasteiger partial charge in [-0.15, -0.1) is 46.4 Å². The number of halogens is 12. The van der Waals surface area contributed by atoms with Crippen LogP contribution in [0.15, 0.2) is 37.2 Å². The number of rotatable bonds is 2. The molecule has 1 aromatic carbocycles. The van der Waals surface area contributed by atoms with E-state index in [2.05, 4.69) is 0 Å². The summed E-state index contributed by atoms with van der Waals surface area (Å²) in [6.07, 6.45) is 0. The highest BCUT2D eigenvalue weighted by Crippen LogP contribution is 2.88. The Kier molecular flexibility index (Phi) is 6.41. The molecule has 8 atom stereocenters. The zero-order chi connectivity index (χ0) is 29.4. The third kappa shape index (κ3) is 2.85. The normalized spacial score (nSPS) is 44.5. The molecule has 39 heavy (non-hydrogen) atoms. The maximum Gasteiger partial charge on any atom is 0.301 e. The molecule has 1 N–H and O–H groups in total. The van der Waals surface area contributed by atoms with Crippen LogP contribution in [-0.4, -0.2) is 46.1 Å². The van der Waals surface area contributed by atoms with Crippen molar-refractivity contribution in [2.24, 2.45) is 11.8 Å². The van der Waals surface area contributed by atoms with Crippen LogP contribution in [0.2, 0.25) is 0 Å². The van der Waals surface area contributed by atoms with Gasteiger partial charge >= 0.3 is 10.1 Å². The van der Waals surface area contributed by atoms with Gasteiger partial charge in [0.25, 0.3) is 5.69 Å². The first-order chi connectivity index (χ1) is 17.5. The molecule has 2 fully saturated rings. The number of fused-ring (bicyclic) bond motifs is 14. The van der Waals surface area contributed by atoms with Crippen molar-refractivity contribution in [1.29, 1.82) is 0 Å². The average Bonchev–Trinajstić information content (AvgIpc) is 3.16. The molecule has 5 aliphatic carbocycles. The average molecular weight is 799 g/mol. The highest BCUT2D eigenvalue weighted by atomic mass is 35.5. The van der Waals surface area contributed by atoms with E-state index in [0.29, 0.717) is 0 Å². The minimum absolute atomic E-state index is 0.0115. The SMILES string of the molecule is O=[N+]([O-])c1cc2c(cc1S(=O)(=O)O)[C@@H]1[C@H]([C@@H]3[C@@H]2[C@]2(Cl)C(Cl)=C(Cl)[C@]3(Cl)C2(Cl)Cl)[C@]2(Cl)C(Cl)=C(Cl)[C@]1(Cl)C2(Cl)Cl. The van der Waals surface area contributed by atoms with Gasteiger partial charge in [-0.25, -0.2) is 0 Å². The van der Waals surface area contributed by atoms with Crippen LogP contribution in [0, 0.1) is 22.0 Å². The molecule has 0 aromatic heterocycles. The number of hydrogen-bond acceptors (Lipinski definition) is 4. The predicted octanol–water partition coefficient (Wildman–Crippen LogP) is 8.95. The summed E-state index contributed by atoms with van der Waals surface area (Å²) < 4.78 is 30.1. The molecule has 0 heterocycles. The Morgan fingerprint density at radius 1 is 0.692 bits per heavy atom. The highest BCUT2D eigenvalue weighted by Gasteiger charge is 2.92. The van der Waals surface area contributed by atoms with Crippen LogP contribution in [0.1, 0.15) is 23.0 Å². The lowest BCUT2D eigenvalue weighted by Gasteiger charge is -2.52. The van der Waals surface area contributed by atoms with Gasteiger partial charge in [-0.1, -0.05) is 92.8 Å². The van der Waals surface area contributed by atoms with Crippen molar-refractivity contribution in [2.75, 3.05) is 0 Å². The first kappa shape index (κ1) is 30.5. The van der Waals surface area contributed by atoms with Gasteiger partial charge in [0.05, 0.1) is 25.1 Å². The maximum absolute atomic E-state index is 12.3. The molecule has 1 aromatic rings. The number of nitro benzene ring substituents is 1. The molecule has 212 valence electrons. The number of benzene rings is 1. The summed E-state index contributed by atoms with van der Waals surface area (Å²) in [5, 5.41) is 11.1. The lowest BCUT2D eigenvalue weighted by molar-refractivity contribution is -0.388. The van der Waals surface area contributed by atoms with E-state index in [1.165, 1.54) is 0 Å². The van der Waals surface area contributed by atoms with Gasteiger partial charge in [-0.2, -0.15) is 8.42 Å². The third-order valence-electron chi connectivity index (χ3n) is 8.68. The van der Waals surface area contributed by atoms with Crippen molar-refractivity contribution in [3.63, 3.8) is 0 Å². The standard InChI is InChI=1S/C20H7Cl12NO5S/c21-11-13(23)17(27)9-7(15(11,25)19(17,29)30)3-1-5(33(34)35)6(39(36,37)38)2-4(3)8-10(9)18(28)14(24)12(22)16(8,26)20(18,31)32/h1-2,7-10H,(H,36,37,38)/t7-,8-,9+,10-,15+,16+,17+,18+/m1/s1. The summed E-state index contributed by atoms with van der Waals surface area (Å²) in [6.45, 7) is 0. The van der Waals surface area contributed by atoms with Crippen LogP contribution in [0.25, 0.3) is 0 Å². The van der Waals surface area contributed by atoms with E-state index >= 15 is 0 Å². The van der Waals surface area contributed by atoms with Gasteiger partial charge in [0.2, 0.25) is 0 Å². The molecule has 2 saturated carbocycles. The quantitative estimate of drug-likeness (QED) is 0.140. The zero-order valence-corrected chi connectivity index (χ0v) is 27.8. The second-order valence-electron chi connectivity index (χ2n) is 9.94. The monoisotopic (exact) mass is 793 g/mol. The van der Waals surface area contributed by atoms with Crippen LogP contribution in [0.5, 0.6) is 0 Å². The fourth-order valence-electron chi connectivity index (χ4n) is 7.26. The molecular formula is C20H7Cl12NO5S. The maximum atomic E-state index is 12.3. The second-order valence-corrected chi connectivity index (χ2v) is 17.9. The molecule has 6 rings (SSSR count). The van der Waals surface area contributed by atoms with Crippen molar-refractivity contribution >= 4 is 155 Å². The van der Waals surface area contributed by atoms with Crippen molar-refractivity contribution < 1.29 is 17.9 Å². The third-order valence-corrected chi connectivity index (χ3v) is 18.1. The summed E-state index contributed by atoms with van der Waals surface area (Å²) in [6, 6.07) is 1.76.